The van der Waals surface area contributed by atoms with Crippen LogP contribution in [-0.4, -0.2) is 25.1 Å². The Balaban J connectivity index is 3.19. The molecule has 1 amide bonds. The van der Waals surface area contributed by atoms with E-state index in [-0.39, 0.29) is 6.54 Å². The smallest absolute Gasteiger partial charge is 0.270 e. The van der Waals surface area contributed by atoms with Crippen LogP contribution in [0.25, 0.3) is 0 Å². The monoisotopic (exact) mass is 170 g/mol. The van der Waals surface area contributed by atoms with Crippen LogP contribution < -0.4 is 5.32 Å². The van der Waals surface area contributed by atoms with E-state index >= 15 is 0 Å². The lowest BCUT2D eigenvalue weighted by Crippen LogP contribution is -2.22. The molecule has 0 aromatic heterocycles. The molecule has 4 nitrogen and oxygen atoms in total. The van der Waals surface area contributed by atoms with Crippen molar-refractivity contribution in [1.82, 2.24) is 5.32 Å². The summed E-state index contributed by atoms with van der Waals surface area (Å²) in [6.45, 7) is 3.05. The number of amides is 1. The van der Waals surface area contributed by atoms with Gasteiger partial charge in [-0.15, -0.1) is 4.99 Å². The Morgan fingerprint density at radius 3 is 2.83 bits per heavy atom. The van der Waals surface area contributed by atoms with Gasteiger partial charge < -0.3 is 5.32 Å². The van der Waals surface area contributed by atoms with Crippen LogP contribution >= 0.6 is 0 Å². The predicted octanol–water partition coefficient (Wildman–Crippen LogP) is 0.629. The molecule has 68 valence electrons. The lowest BCUT2D eigenvalue weighted by molar-refractivity contribution is -0.116. The number of nitrogens with zero attached hydrogens (tertiary/aromatic N) is 1. The molecule has 0 aliphatic heterocycles. The summed E-state index contributed by atoms with van der Waals surface area (Å²) in [5, 5.41) is 2.88. The van der Waals surface area contributed by atoms with Gasteiger partial charge >= 0.3 is 0 Å². The summed E-state index contributed by atoms with van der Waals surface area (Å²) >= 11 is 0. The zero-order valence-corrected chi connectivity index (χ0v) is 7.30. The van der Waals surface area contributed by atoms with E-state index in [9.17, 15) is 9.59 Å². The average Bonchev–Trinajstić information content (AvgIpc) is 2.05. The number of carbonyl (C=O) groups is 1. The van der Waals surface area contributed by atoms with Crippen molar-refractivity contribution in [2.24, 2.45) is 4.99 Å². The van der Waals surface area contributed by atoms with Gasteiger partial charge in [-0.05, 0) is 13.0 Å². The molecular formula is C8H14N2O2. The largest absolute Gasteiger partial charge is 0.308 e. The number of hydrogen-bond acceptors (Lipinski definition) is 3. The molecule has 0 fully saturated rings. The highest BCUT2D eigenvalue weighted by Crippen LogP contribution is 1.90. The predicted molar refractivity (Wildman–Crippen MR) is 45.5 cm³/mol. The summed E-state index contributed by atoms with van der Waals surface area (Å²) in [5.41, 5.74) is 0. The van der Waals surface area contributed by atoms with Gasteiger partial charge in [-0.1, -0.05) is 19.8 Å². The summed E-state index contributed by atoms with van der Waals surface area (Å²) in [5.74, 6) is -0.457. The van der Waals surface area contributed by atoms with E-state index in [1.165, 1.54) is 6.08 Å². The van der Waals surface area contributed by atoms with Crippen LogP contribution in [0.1, 0.15) is 26.2 Å². The fourth-order valence-corrected chi connectivity index (χ4v) is 0.786. The maximum absolute atomic E-state index is 10.6. The molecular weight excluding hydrogens is 156 g/mol. The van der Waals surface area contributed by atoms with Gasteiger partial charge in [0.25, 0.3) is 5.91 Å². The number of hydrogen-bond donors (Lipinski definition) is 1. The SMILES string of the molecule is CCCCCNCC(=O)N=C=O. The molecule has 0 radical (unpaired) electrons. The Labute approximate surface area is 72.1 Å². The first-order chi connectivity index (χ1) is 5.81. The fourth-order valence-electron chi connectivity index (χ4n) is 0.786. The molecule has 4 heteroatoms. The van der Waals surface area contributed by atoms with Crippen LogP contribution in [0.5, 0.6) is 0 Å². The Hall–Kier alpha value is -0.990. The van der Waals surface area contributed by atoms with E-state index in [1.54, 1.807) is 0 Å². The minimum absolute atomic E-state index is 0.138. The van der Waals surface area contributed by atoms with Crippen LogP contribution in [-0.2, 0) is 9.59 Å². The molecule has 0 bridgehead atoms. The molecule has 0 aromatic carbocycles. The maximum atomic E-state index is 10.6. The first-order valence-electron chi connectivity index (χ1n) is 4.12. The fraction of sp³-hybridized carbons (Fsp3) is 0.750. The molecule has 0 rings (SSSR count). The molecule has 0 saturated heterocycles. The molecule has 0 aliphatic rings. The summed E-state index contributed by atoms with van der Waals surface area (Å²) in [4.78, 5) is 23.1. The summed E-state index contributed by atoms with van der Waals surface area (Å²) in [7, 11) is 0. The van der Waals surface area contributed by atoms with Crippen molar-refractivity contribution in [1.29, 1.82) is 0 Å². The summed E-state index contributed by atoms with van der Waals surface area (Å²) in [6, 6.07) is 0. The van der Waals surface area contributed by atoms with Crippen molar-refractivity contribution in [2.45, 2.75) is 26.2 Å². The van der Waals surface area contributed by atoms with Gasteiger partial charge in [0.2, 0.25) is 6.08 Å². The maximum Gasteiger partial charge on any atom is 0.270 e. The number of unbranched alkanes of at least 4 members (excludes halogenated alkanes) is 2. The molecule has 1 N–H and O–H groups in total. The van der Waals surface area contributed by atoms with Crippen LogP contribution in [0, 0.1) is 0 Å². The molecule has 0 spiro atoms. The van der Waals surface area contributed by atoms with Crippen LogP contribution in [0.2, 0.25) is 0 Å². The normalized spacial score (nSPS) is 9.08. The lowest BCUT2D eigenvalue weighted by atomic mass is 10.2. The molecule has 0 atom stereocenters. The zero-order valence-electron chi connectivity index (χ0n) is 7.30. The highest BCUT2D eigenvalue weighted by atomic mass is 16.2. The number of aliphatic imine (C=N–C) groups is 1. The number of isocyanates is 1. The Kier molecular flexibility index (Phi) is 7.44. The van der Waals surface area contributed by atoms with Gasteiger partial charge in [-0.3, -0.25) is 4.79 Å². The van der Waals surface area contributed by atoms with Gasteiger partial charge in [0.05, 0.1) is 6.54 Å². The minimum atomic E-state index is -0.457. The number of carbonyl (C=O) groups excluding carboxylic acids is 2. The molecule has 12 heavy (non-hydrogen) atoms. The van der Waals surface area contributed by atoms with E-state index in [0.717, 1.165) is 25.8 Å². The van der Waals surface area contributed by atoms with Crippen LogP contribution in [0.3, 0.4) is 0 Å². The third-order valence-electron chi connectivity index (χ3n) is 1.40. The van der Waals surface area contributed by atoms with Gasteiger partial charge in [0.1, 0.15) is 0 Å². The van der Waals surface area contributed by atoms with Gasteiger partial charge in [-0.25, -0.2) is 4.79 Å². The molecule has 0 unspecified atom stereocenters. The van der Waals surface area contributed by atoms with E-state index in [4.69, 9.17) is 0 Å². The van der Waals surface area contributed by atoms with Gasteiger partial charge in [0.15, 0.2) is 0 Å². The molecule has 0 aliphatic carbocycles. The summed E-state index contributed by atoms with van der Waals surface area (Å²) < 4.78 is 0. The molecule has 0 heterocycles. The van der Waals surface area contributed by atoms with Crippen molar-refractivity contribution in [2.75, 3.05) is 13.1 Å². The summed E-state index contributed by atoms with van der Waals surface area (Å²) in [6.07, 6.45) is 4.56. The van der Waals surface area contributed by atoms with Gasteiger partial charge in [-0.2, -0.15) is 0 Å². The van der Waals surface area contributed by atoms with Crippen molar-refractivity contribution >= 4 is 12.0 Å². The van der Waals surface area contributed by atoms with Crippen molar-refractivity contribution < 1.29 is 9.59 Å². The van der Waals surface area contributed by atoms with E-state index in [0.29, 0.717) is 0 Å². The zero-order chi connectivity index (χ0) is 9.23. The van der Waals surface area contributed by atoms with Crippen LogP contribution in [0.15, 0.2) is 4.99 Å². The molecule has 0 aromatic rings. The molecule has 0 saturated carbocycles. The minimum Gasteiger partial charge on any atom is -0.308 e. The highest BCUT2D eigenvalue weighted by Gasteiger charge is 1.95. The van der Waals surface area contributed by atoms with Crippen LogP contribution in [0.4, 0.5) is 0 Å². The standard InChI is InChI=1S/C8H14N2O2/c1-2-3-4-5-9-6-8(12)10-7-11/h9H,2-6H2,1H3. The third kappa shape index (κ3) is 7.12. The Morgan fingerprint density at radius 1 is 1.50 bits per heavy atom. The van der Waals surface area contributed by atoms with Crippen molar-refractivity contribution in [3.8, 4) is 0 Å². The second-order valence-corrected chi connectivity index (χ2v) is 2.48. The van der Waals surface area contributed by atoms with E-state index in [2.05, 4.69) is 17.2 Å². The third-order valence-corrected chi connectivity index (χ3v) is 1.40. The van der Waals surface area contributed by atoms with E-state index in [1.807, 2.05) is 0 Å². The average molecular weight is 170 g/mol. The highest BCUT2D eigenvalue weighted by molar-refractivity contribution is 5.83. The van der Waals surface area contributed by atoms with Gasteiger partial charge in [0, 0.05) is 0 Å². The first kappa shape index (κ1) is 11.0. The van der Waals surface area contributed by atoms with E-state index < -0.39 is 5.91 Å². The second-order valence-electron chi connectivity index (χ2n) is 2.48. The topological polar surface area (TPSA) is 58.5 Å². The first-order valence-corrected chi connectivity index (χ1v) is 4.12. The number of rotatable bonds is 6. The number of nitrogens with one attached hydrogen (secondary N) is 1. The lowest BCUT2D eigenvalue weighted by Gasteiger charge is -1.98. The van der Waals surface area contributed by atoms with Crippen molar-refractivity contribution in [3.05, 3.63) is 0 Å². The quantitative estimate of drug-likeness (QED) is 0.361. The van der Waals surface area contributed by atoms with Crippen molar-refractivity contribution in [3.63, 3.8) is 0 Å². The second kappa shape index (κ2) is 8.11. The Bertz CT molecular complexity index is 174. The Morgan fingerprint density at radius 2 is 2.25 bits per heavy atom.